The van der Waals surface area contributed by atoms with Gasteiger partial charge in [0.05, 0.1) is 6.61 Å². The molecule has 1 aromatic rings. The van der Waals surface area contributed by atoms with Crippen LogP contribution in [0.2, 0.25) is 0 Å². The van der Waals surface area contributed by atoms with Gasteiger partial charge in [0.25, 0.3) is 0 Å². The van der Waals surface area contributed by atoms with Crippen molar-refractivity contribution in [1.29, 1.82) is 0 Å². The van der Waals surface area contributed by atoms with Crippen LogP contribution in [-0.2, 0) is 11.3 Å². The van der Waals surface area contributed by atoms with E-state index in [0.717, 1.165) is 24.2 Å². The zero-order chi connectivity index (χ0) is 14.8. The molecule has 114 valence electrons. The fourth-order valence-corrected chi connectivity index (χ4v) is 1.78. The van der Waals surface area contributed by atoms with Crippen molar-refractivity contribution in [1.82, 2.24) is 0 Å². The monoisotopic (exact) mass is 281 g/mol. The van der Waals surface area contributed by atoms with Crippen molar-refractivity contribution in [2.75, 3.05) is 19.8 Å². The Labute approximate surface area is 121 Å². The third-order valence-corrected chi connectivity index (χ3v) is 2.98. The van der Waals surface area contributed by atoms with Gasteiger partial charge < -0.3 is 20.3 Å². The Morgan fingerprint density at radius 1 is 1.15 bits per heavy atom. The molecule has 1 unspecified atom stereocenters. The first kappa shape index (κ1) is 17.0. The quantitative estimate of drug-likeness (QED) is 0.646. The molecule has 0 radical (unpaired) electrons. The maximum Gasteiger partial charge on any atom is 0.119 e. The minimum absolute atomic E-state index is 0.242. The Morgan fingerprint density at radius 3 is 2.45 bits per heavy atom. The predicted molar refractivity (Wildman–Crippen MR) is 80.7 cm³/mol. The molecule has 0 spiro atoms. The second-order valence-corrected chi connectivity index (χ2v) is 5.42. The van der Waals surface area contributed by atoms with Gasteiger partial charge in [0, 0.05) is 13.2 Å². The Bertz CT molecular complexity index is 351. The zero-order valence-corrected chi connectivity index (χ0v) is 12.5. The first-order chi connectivity index (χ1) is 9.61. The molecular weight excluding hydrogens is 254 g/mol. The summed E-state index contributed by atoms with van der Waals surface area (Å²) < 4.78 is 10.9. The summed E-state index contributed by atoms with van der Waals surface area (Å²) in [4.78, 5) is 0. The van der Waals surface area contributed by atoms with Crippen LogP contribution in [0.1, 0.15) is 32.3 Å². The molecule has 3 N–H and O–H groups in total. The normalized spacial score (nSPS) is 12.7. The summed E-state index contributed by atoms with van der Waals surface area (Å²) >= 11 is 0. The van der Waals surface area contributed by atoms with E-state index < -0.39 is 6.10 Å². The van der Waals surface area contributed by atoms with Crippen LogP contribution in [-0.4, -0.2) is 31.0 Å². The van der Waals surface area contributed by atoms with E-state index in [1.807, 2.05) is 24.3 Å². The van der Waals surface area contributed by atoms with Crippen LogP contribution < -0.4 is 10.5 Å². The summed E-state index contributed by atoms with van der Waals surface area (Å²) in [5.74, 6) is 1.43. The lowest BCUT2D eigenvalue weighted by molar-refractivity contribution is 0.0105. The summed E-state index contributed by atoms with van der Waals surface area (Å²) in [6.07, 6.45) is 1.59. The molecule has 0 aromatic heterocycles. The summed E-state index contributed by atoms with van der Waals surface area (Å²) in [6.45, 7) is 6.16. The minimum atomic E-state index is -0.594. The fourth-order valence-electron chi connectivity index (χ4n) is 1.78. The molecule has 0 amide bonds. The van der Waals surface area contributed by atoms with Crippen molar-refractivity contribution in [2.24, 2.45) is 11.7 Å². The lowest BCUT2D eigenvalue weighted by Crippen LogP contribution is -2.23. The second-order valence-electron chi connectivity index (χ2n) is 5.42. The van der Waals surface area contributed by atoms with Crippen molar-refractivity contribution in [3.63, 3.8) is 0 Å². The summed E-state index contributed by atoms with van der Waals surface area (Å²) in [5.41, 5.74) is 6.58. The maximum absolute atomic E-state index is 9.75. The molecule has 0 bridgehead atoms. The van der Waals surface area contributed by atoms with Crippen molar-refractivity contribution in [3.8, 4) is 5.75 Å². The first-order valence-corrected chi connectivity index (χ1v) is 7.29. The lowest BCUT2D eigenvalue weighted by Gasteiger charge is -2.13. The van der Waals surface area contributed by atoms with Gasteiger partial charge in [-0.1, -0.05) is 26.0 Å². The van der Waals surface area contributed by atoms with Gasteiger partial charge >= 0.3 is 0 Å². The van der Waals surface area contributed by atoms with Crippen molar-refractivity contribution >= 4 is 0 Å². The molecule has 0 aliphatic carbocycles. The lowest BCUT2D eigenvalue weighted by atomic mass is 10.1. The molecule has 4 nitrogen and oxygen atoms in total. The van der Waals surface area contributed by atoms with Gasteiger partial charge in [-0.15, -0.1) is 0 Å². The first-order valence-electron chi connectivity index (χ1n) is 7.29. The minimum Gasteiger partial charge on any atom is -0.491 e. The number of rotatable bonds is 10. The van der Waals surface area contributed by atoms with E-state index in [9.17, 15) is 5.11 Å². The molecule has 4 heteroatoms. The fraction of sp³-hybridized carbons (Fsp3) is 0.625. The Balaban J connectivity index is 2.11. The summed E-state index contributed by atoms with van der Waals surface area (Å²) in [5, 5.41) is 9.75. The van der Waals surface area contributed by atoms with Gasteiger partial charge in [-0.25, -0.2) is 0 Å². The molecule has 0 fully saturated rings. The van der Waals surface area contributed by atoms with E-state index >= 15 is 0 Å². The molecule has 1 atom stereocenters. The largest absolute Gasteiger partial charge is 0.491 e. The predicted octanol–water partition coefficient (Wildman–Crippen LogP) is 2.34. The van der Waals surface area contributed by atoms with E-state index in [0.29, 0.717) is 25.7 Å². The highest BCUT2D eigenvalue weighted by molar-refractivity contribution is 5.27. The van der Waals surface area contributed by atoms with Crippen LogP contribution in [0.3, 0.4) is 0 Å². The number of benzene rings is 1. The van der Waals surface area contributed by atoms with Crippen LogP contribution >= 0.6 is 0 Å². The SMILES string of the molecule is CC(C)CCCOCC(O)COc1ccc(CN)cc1. The van der Waals surface area contributed by atoms with Gasteiger partial charge in [-0.2, -0.15) is 0 Å². The molecule has 1 aromatic carbocycles. The average molecular weight is 281 g/mol. The van der Waals surface area contributed by atoms with E-state index in [2.05, 4.69) is 13.8 Å². The van der Waals surface area contributed by atoms with Crippen molar-refractivity contribution in [2.45, 2.75) is 39.3 Å². The van der Waals surface area contributed by atoms with Gasteiger partial charge in [0.1, 0.15) is 18.5 Å². The Kier molecular flexibility index (Phi) is 8.26. The van der Waals surface area contributed by atoms with Gasteiger partial charge in [0.15, 0.2) is 0 Å². The number of ether oxygens (including phenoxy) is 2. The van der Waals surface area contributed by atoms with Gasteiger partial charge in [-0.05, 0) is 36.5 Å². The highest BCUT2D eigenvalue weighted by Gasteiger charge is 2.05. The highest BCUT2D eigenvalue weighted by Crippen LogP contribution is 2.12. The van der Waals surface area contributed by atoms with E-state index in [4.69, 9.17) is 15.2 Å². The number of hydrogen-bond acceptors (Lipinski definition) is 4. The third kappa shape index (κ3) is 7.48. The van der Waals surface area contributed by atoms with Crippen LogP contribution in [0.5, 0.6) is 5.75 Å². The maximum atomic E-state index is 9.75. The molecule has 20 heavy (non-hydrogen) atoms. The Morgan fingerprint density at radius 2 is 1.85 bits per heavy atom. The summed E-state index contributed by atoms with van der Waals surface area (Å²) in [7, 11) is 0. The van der Waals surface area contributed by atoms with E-state index in [1.165, 1.54) is 0 Å². The molecule has 0 heterocycles. The molecule has 0 aliphatic heterocycles. The van der Waals surface area contributed by atoms with Crippen LogP contribution in [0, 0.1) is 5.92 Å². The molecule has 0 aliphatic rings. The van der Waals surface area contributed by atoms with E-state index in [1.54, 1.807) is 0 Å². The zero-order valence-electron chi connectivity index (χ0n) is 12.5. The standard InChI is InChI=1S/C16H27NO3/c1-13(2)4-3-9-19-11-15(18)12-20-16-7-5-14(10-17)6-8-16/h5-8,13,15,18H,3-4,9-12,17H2,1-2H3. The number of hydrogen-bond donors (Lipinski definition) is 2. The second kappa shape index (κ2) is 9.75. The van der Waals surface area contributed by atoms with Crippen molar-refractivity contribution < 1.29 is 14.6 Å². The highest BCUT2D eigenvalue weighted by atomic mass is 16.5. The van der Waals surface area contributed by atoms with Crippen molar-refractivity contribution in [3.05, 3.63) is 29.8 Å². The van der Waals surface area contributed by atoms with E-state index in [-0.39, 0.29) is 6.61 Å². The Hall–Kier alpha value is -1.10. The van der Waals surface area contributed by atoms with Gasteiger partial charge in [0.2, 0.25) is 0 Å². The van der Waals surface area contributed by atoms with Crippen LogP contribution in [0.4, 0.5) is 0 Å². The van der Waals surface area contributed by atoms with Crippen LogP contribution in [0.15, 0.2) is 24.3 Å². The smallest absolute Gasteiger partial charge is 0.119 e. The molecule has 1 rings (SSSR count). The summed E-state index contributed by atoms with van der Waals surface area (Å²) in [6, 6.07) is 7.56. The number of nitrogens with two attached hydrogens (primary N) is 1. The topological polar surface area (TPSA) is 64.7 Å². The average Bonchev–Trinajstić information content (AvgIpc) is 2.45. The number of aliphatic hydroxyl groups excluding tert-OH is 1. The molecule has 0 saturated carbocycles. The molecule has 0 saturated heterocycles. The third-order valence-electron chi connectivity index (χ3n) is 2.98. The van der Waals surface area contributed by atoms with Gasteiger partial charge in [-0.3, -0.25) is 0 Å². The van der Waals surface area contributed by atoms with Crippen LogP contribution in [0.25, 0.3) is 0 Å². The molecular formula is C16H27NO3. The number of aliphatic hydroxyl groups is 1.